The average Bonchev–Trinajstić information content (AvgIpc) is 2.56. The van der Waals surface area contributed by atoms with E-state index in [4.69, 9.17) is 9.84 Å². The standard InChI is InChI=1S/C16H17N3O3/c20-15(21)12-5-4-10-19(11-12)16-17-9-8-14(18-16)22-13-6-2-1-3-7-13/h1-3,6-9,12H,4-5,10-11H2,(H,20,21). The number of rotatable bonds is 4. The van der Waals surface area contributed by atoms with Crippen LogP contribution in [0.2, 0.25) is 0 Å². The summed E-state index contributed by atoms with van der Waals surface area (Å²) in [6, 6.07) is 11.1. The van der Waals surface area contributed by atoms with Crippen molar-refractivity contribution in [2.75, 3.05) is 18.0 Å². The Morgan fingerprint density at radius 3 is 2.86 bits per heavy atom. The van der Waals surface area contributed by atoms with Crippen molar-refractivity contribution in [3.63, 3.8) is 0 Å². The molecule has 1 aromatic carbocycles. The molecule has 2 aromatic rings. The summed E-state index contributed by atoms with van der Waals surface area (Å²) in [4.78, 5) is 21.7. The molecule has 2 heterocycles. The first-order valence-corrected chi connectivity index (χ1v) is 7.26. The topological polar surface area (TPSA) is 75.5 Å². The zero-order chi connectivity index (χ0) is 15.4. The molecule has 0 spiro atoms. The minimum Gasteiger partial charge on any atom is -0.481 e. The monoisotopic (exact) mass is 299 g/mol. The van der Waals surface area contributed by atoms with E-state index >= 15 is 0 Å². The van der Waals surface area contributed by atoms with Crippen molar-refractivity contribution in [1.82, 2.24) is 9.97 Å². The number of nitrogens with zero attached hydrogens (tertiary/aromatic N) is 3. The quantitative estimate of drug-likeness (QED) is 0.935. The summed E-state index contributed by atoms with van der Waals surface area (Å²) < 4.78 is 5.69. The molecule has 6 nitrogen and oxygen atoms in total. The van der Waals surface area contributed by atoms with Crippen LogP contribution >= 0.6 is 0 Å². The Hall–Kier alpha value is -2.63. The van der Waals surface area contributed by atoms with Crippen LogP contribution in [-0.2, 0) is 4.79 Å². The van der Waals surface area contributed by atoms with Crippen LogP contribution in [0, 0.1) is 5.92 Å². The van der Waals surface area contributed by atoms with E-state index in [0.717, 1.165) is 13.0 Å². The Kier molecular flexibility index (Phi) is 4.18. The predicted octanol–water partition coefficient (Wildman–Crippen LogP) is 2.57. The summed E-state index contributed by atoms with van der Waals surface area (Å²) in [5.41, 5.74) is 0. The summed E-state index contributed by atoms with van der Waals surface area (Å²) in [6.45, 7) is 1.20. The summed E-state index contributed by atoms with van der Waals surface area (Å²) >= 11 is 0. The lowest BCUT2D eigenvalue weighted by molar-refractivity contribution is -0.141. The van der Waals surface area contributed by atoms with Crippen molar-refractivity contribution in [1.29, 1.82) is 0 Å². The van der Waals surface area contributed by atoms with Crippen molar-refractivity contribution in [2.45, 2.75) is 12.8 Å². The largest absolute Gasteiger partial charge is 0.481 e. The fourth-order valence-electron chi connectivity index (χ4n) is 2.51. The summed E-state index contributed by atoms with van der Waals surface area (Å²) in [6.07, 6.45) is 3.15. The van der Waals surface area contributed by atoms with Gasteiger partial charge in [-0.05, 0) is 25.0 Å². The van der Waals surface area contributed by atoms with Crippen molar-refractivity contribution < 1.29 is 14.6 Å². The lowest BCUT2D eigenvalue weighted by Crippen LogP contribution is -2.39. The maximum absolute atomic E-state index is 11.1. The highest BCUT2D eigenvalue weighted by atomic mass is 16.5. The number of carboxylic acids is 1. The minimum atomic E-state index is -0.763. The van der Waals surface area contributed by atoms with Crippen LogP contribution in [0.3, 0.4) is 0 Å². The Balaban J connectivity index is 1.75. The Labute approximate surface area is 128 Å². The number of aliphatic carboxylic acids is 1. The number of anilines is 1. The Morgan fingerprint density at radius 2 is 2.09 bits per heavy atom. The van der Waals surface area contributed by atoms with Crippen LogP contribution in [0.5, 0.6) is 11.6 Å². The molecule has 0 saturated carbocycles. The molecule has 114 valence electrons. The maximum Gasteiger partial charge on any atom is 0.308 e. The molecular formula is C16H17N3O3. The molecule has 1 aliphatic rings. The predicted molar refractivity (Wildman–Crippen MR) is 81.1 cm³/mol. The van der Waals surface area contributed by atoms with E-state index in [-0.39, 0.29) is 5.92 Å². The first-order chi connectivity index (χ1) is 10.7. The second kappa shape index (κ2) is 6.43. The number of benzene rings is 1. The molecule has 22 heavy (non-hydrogen) atoms. The molecular weight excluding hydrogens is 282 g/mol. The van der Waals surface area contributed by atoms with Crippen LogP contribution in [0.25, 0.3) is 0 Å². The number of para-hydroxylation sites is 1. The Morgan fingerprint density at radius 1 is 1.27 bits per heavy atom. The molecule has 1 saturated heterocycles. The maximum atomic E-state index is 11.1. The molecule has 1 aliphatic heterocycles. The second-order valence-corrected chi connectivity index (χ2v) is 5.23. The van der Waals surface area contributed by atoms with Crippen LogP contribution < -0.4 is 9.64 Å². The second-order valence-electron chi connectivity index (χ2n) is 5.23. The number of carboxylic acid groups (broad SMARTS) is 1. The van der Waals surface area contributed by atoms with Gasteiger partial charge in [-0.3, -0.25) is 4.79 Å². The first-order valence-electron chi connectivity index (χ1n) is 7.26. The van der Waals surface area contributed by atoms with Gasteiger partial charge >= 0.3 is 5.97 Å². The van der Waals surface area contributed by atoms with Crippen LogP contribution in [0.15, 0.2) is 42.6 Å². The van der Waals surface area contributed by atoms with E-state index in [0.29, 0.717) is 30.5 Å². The number of hydrogen-bond acceptors (Lipinski definition) is 5. The van der Waals surface area contributed by atoms with Crippen LogP contribution in [-0.4, -0.2) is 34.1 Å². The fraction of sp³-hybridized carbons (Fsp3) is 0.312. The Bertz CT molecular complexity index is 648. The highest BCUT2D eigenvalue weighted by Gasteiger charge is 2.26. The van der Waals surface area contributed by atoms with Crippen LogP contribution in [0.4, 0.5) is 5.95 Å². The molecule has 0 aliphatic carbocycles. The van der Waals surface area contributed by atoms with Gasteiger partial charge in [0.05, 0.1) is 5.92 Å². The normalized spacial score (nSPS) is 18.0. The van der Waals surface area contributed by atoms with E-state index in [2.05, 4.69) is 9.97 Å². The van der Waals surface area contributed by atoms with E-state index in [1.165, 1.54) is 0 Å². The highest BCUT2D eigenvalue weighted by Crippen LogP contribution is 2.24. The van der Waals surface area contributed by atoms with Gasteiger partial charge in [-0.1, -0.05) is 18.2 Å². The van der Waals surface area contributed by atoms with Gasteiger partial charge in [0.2, 0.25) is 11.8 Å². The molecule has 0 amide bonds. The number of carbonyl (C=O) groups is 1. The molecule has 1 unspecified atom stereocenters. The van der Waals surface area contributed by atoms with Gasteiger partial charge in [0.1, 0.15) is 5.75 Å². The summed E-state index contributed by atoms with van der Waals surface area (Å²) in [5.74, 6) is 0.541. The highest BCUT2D eigenvalue weighted by molar-refractivity contribution is 5.71. The molecule has 1 N–H and O–H groups in total. The lowest BCUT2D eigenvalue weighted by Gasteiger charge is -2.30. The van der Waals surface area contributed by atoms with Gasteiger partial charge in [-0.15, -0.1) is 0 Å². The first kappa shape index (κ1) is 14.3. The minimum absolute atomic E-state index is 0.365. The van der Waals surface area contributed by atoms with E-state index in [1.807, 2.05) is 35.2 Å². The fourth-order valence-corrected chi connectivity index (χ4v) is 2.51. The molecule has 3 rings (SSSR count). The zero-order valence-corrected chi connectivity index (χ0v) is 12.1. The van der Waals surface area contributed by atoms with E-state index in [1.54, 1.807) is 12.3 Å². The van der Waals surface area contributed by atoms with Crippen molar-refractivity contribution in [3.8, 4) is 11.6 Å². The smallest absolute Gasteiger partial charge is 0.308 e. The number of aromatic nitrogens is 2. The summed E-state index contributed by atoms with van der Waals surface area (Å²) in [5, 5.41) is 9.16. The van der Waals surface area contributed by atoms with Gasteiger partial charge in [0, 0.05) is 25.4 Å². The third-order valence-corrected chi connectivity index (χ3v) is 3.64. The number of hydrogen-bond donors (Lipinski definition) is 1. The molecule has 0 radical (unpaired) electrons. The van der Waals surface area contributed by atoms with Gasteiger partial charge < -0.3 is 14.7 Å². The molecule has 6 heteroatoms. The molecule has 1 fully saturated rings. The van der Waals surface area contributed by atoms with E-state index in [9.17, 15) is 4.79 Å². The van der Waals surface area contributed by atoms with Gasteiger partial charge in [0.15, 0.2) is 0 Å². The summed E-state index contributed by atoms with van der Waals surface area (Å²) in [7, 11) is 0. The van der Waals surface area contributed by atoms with Gasteiger partial charge in [-0.2, -0.15) is 4.98 Å². The SMILES string of the molecule is O=C(O)C1CCCN(c2nccc(Oc3ccccc3)n2)C1. The zero-order valence-electron chi connectivity index (χ0n) is 12.1. The van der Waals surface area contributed by atoms with Crippen molar-refractivity contribution in [3.05, 3.63) is 42.6 Å². The van der Waals surface area contributed by atoms with Gasteiger partial charge in [0.25, 0.3) is 0 Å². The molecule has 1 atom stereocenters. The van der Waals surface area contributed by atoms with Crippen LogP contribution in [0.1, 0.15) is 12.8 Å². The van der Waals surface area contributed by atoms with Crippen molar-refractivity contribution in [2.24, 2.45) is 5.92 Å². The third-order valence-electron chi connectivity index (χ3n) is 3.64. The molecule has 1 aromatic heterocycles. The third kappa shape index (κ3) is 3.33. The number of ether oxygens (including phenoxy) is 1. The average molecular weight is 299 g/mol. The van der Waals surface area contributed by atoms with Gasteiger partial charge in [-0.25, -0.2) is 4.98 Å². The van der Waals surface area contributed by atoms with E-state index < -0.39 is 5.97 Å². The van der Waals surface area contributed by atoms with Crippen molar-refractivity contribution >= 4 is 11.9 Å². The number of piperidine rings is 1. The molecule has 0 bridgehead atoms. The lowest BCUT2D eigenvalue weighted by atomic mass is 9.99.